The lowest BCUT2D eigenvalue weighted by Gasteiger charge is -2.35. The summed E-state index contributed by atoms with van der Waals surface area (Å²) in [5.74, 6) is 1.42. The molecule has 0 N–H and O–H groups in total. The Labute approximate surface area is 172 Å². The maximum absolute atomic E-state index is 12.3. The number of hydrogen-bond donors (Lipinski definition) is 0. The quantitative estimate of drug-likeness (QED) is 0.667. The molecular formula is C24H30N4O. The molecule has 1 aliphatic heterocycles. The summed E-state index contributed by atoms with van der Waals surface area (Å²) in [4.78, 5) is 21.6. The van der Waals surface area contributed by atoms with E-state index < -0.39 is 0 Å². The van der Waals surface area contributed by atoms with Crippen LogP contribution in [0.5, 0.6) is 0 Å². The van der Waals surface area contributed by atoms with Crippen LogP contribution >= 0.6 is 0 Å². The number of carbonyl (C=O) groups is 1. The fourth-order valence-corrected chi connectivity index (χ4v) is 4.11. The van der Waals surface area contributed by atoms with E-state index in [9.17, 15) is 4.79 Å². The number of carbonyl (C=O) groups excluding carboxylic acids is 1. The zero-order chi connectivity index (χ0) is 20.4. The van der Waals surface area contributed by atoms with Gasteiger partial charge in [-0.2, -0.15) is 0 Å². The lowest BCUT2D eigenvalue weighted by molar-refractivity contribution is -0.136. The van der Waals surface area contributed by atoms with E-state index in [2.05, 4.69) is 58.9 Å². The molecule has 5 heteroatoms. The van der Waals surface area contributed by atoms with Crippen LogP contribution in [0.2, 0.25) is 0 Å². The van der Waals surface area contributed by atoms with Crippen molar-refractivity contribution < 1.29 is 4.79 Å². The van der Waals surface area contributed by atoms with Gasteiger partial charge >= 0.3 is 0 Å². The van der Waals surface area contributed by atoms with Crippen LogP contribution in [-0.2, 0) is 17.9 Å². The summed E-state index contributed by atoms with van der Waals surface area (Å²) in [7, 11) is 0. The fraction of sp³-hybridized carbons (Fsp3) is 0.417. The predicted octanol–water partition coefficient (Wildman–Crippen LogP) is 3.69. The molecule has 0 saturated carbocycles. The molecule has 0 bridgehead atoms. The smallest absolute Gasteiger partial charge is 0.225 e. The van der Waals surface area contributed by atoms with E-state index in [1.165, 1.54) is 16.6 Å². The van der Waals surface area contributed by atoms with Gasteiger partial charge in [0.15, 0.2) is 0 Å². The van der Waals surface area contributed by atoms with Gasteiger partial charge in [0.05, 0.1) is 17.6 Å². The molecule has 1 aliphatic rings. The molecule has 0 aliphatic carbocycles. The zero-order valence-electron chi connectivity index (χ0n) is 17.6. The van der Waals surface area contributed by atoms with Crippen molar-refractivity contribution in [2.45, 2.75) is 33.9 Å². The number of benzene rings is 2. The van der Waals surface area contributed by atoms with E-state index in [-0.39, 0.29) is 11.8 Å². The first-order chi connectivity index (χ1) is 14.0. The van der Waals surface area contributed by atoms with Crippen LogP contribution < -0.4 is 0 Å². The van der Waals surface area contributed by atoms with E-state index >= 15 is 0 Å². The van der Waals surface area contributed by atoms with Gasteiger partial charge in [0.25, 0.3) is 0 Å². The van der Waals surface area contributed by atoms with Crippen molar-refractivity contribution in [2.24, 2.45) is 5.92 Å². The highest BCUT2D eigenvalue weighted by Crippen LogP contribution is 2.20. The van der Waals surface area contributed by atoms with E-state index in [4.69, 9.17) is 4.98 Å². The summed E-state index contributed by atoms with van der Waals surface area (Å²) in [5, 5.41) is 0. The second kappa shape index (κ2) is 8.37. The van der Waals surface area contributed by atoms with Gasteiger partial charge < -0.3 is 9.47 Å². The van der Waals surface area contributed by atoms with Crippen LogP contribution in [0.1, 0.15) is 30.8 Å². The Kier molecular flexibility index (Phi) is 5.67. The summed E-state index contributed by atoms with van der Waals surface area (Å²) in [5.41, 5.74) is 4.79. The number of aryl methyl sites for hydroxylation is 1. The molecule has 2 heterocycles. The minimum Gasteiger partial charge on any atom is -0.340 e. The van der Waals surface area contributed by atoms with Crippen molar-refractivity contribution in [3.8, 4) is 0 Å². The maximum atomic E-state index is 12.3. The Bertz CT molecular complexity index is 999. The van der Waals surface area contributed by atoms with E-state index in [0.717, 1.165) is 50.6 Å². The van der Waals surface area contributed by atoms with Crippen LogP contribution in [0.4, 0.5) is 0 Å². The molecule has 1 saturated heterocycles. The molecule has 152 valence electrons. The van der Waals surface area contributed by atoms with Crippen LogP contribution in [0.15, 0.2) is 48.5 Å². The normalized spacial score (nSPS) is 15.4. The van der Waals surface area contributed by atoms with Gasteiger partial charge in [0.2, 0.25) is 5.91 Å². The second-order valence-electron chi connectivity index (χ2n) is 8.35. The fourth-order valence-electron chi connectivity index (χ4n) is 4.11. The molecule has 3 aromatic rings. The molecule has 4 rings (SSSR count). The average molecular weight is 391 g/mol. The van der Waals surface area contributed by atoms with Crippen LogP contribution in [0.25, 0.3) is 11.0 Å². The highest BCUT2D eigenvalue weighted by molar-refractivity contribution is 5.78. The zero-order valence-corrected chi connectivity index (χ0v) is 17.6. The molecule has 5 nitrogen and oxygen atoms in total. The third kappa shape index (κ3) is 4.35. The third-order valence-electron chi connectivity index (χ3n) is 5.70. The number of hydrogen-bond acceptors (Lipinski definition) is 3. The SMILES string of the molecule is Cc1cccc(Cn2c(CN3CCN(C(=O)C(C)C)CC3)nc3ccccc32)c1. The first-order valence-corrected chi connectivity index (χ1v) is 10.5. The molecule has 1 aromatic heterocycles. The molecule has 0 spiro atoms. The van der Waals surface area contributed by atoms with E-state index in [1.807, 2.05) is 24.8 Å². The summed E-state index contributed by atoms with van der Waals surface area (Å²) < 4.78 is 2.34. The molecule has 0 atom stereocenters. The summed E-state index contributed by atoms with van der Waals surface area (Å²) in [6, 6.07) is 17.1. The van der Waals surface area contributed by atoms with Crippen LogP contribution in [-0.4, -0.2) is 51.4 Å². The average Bonchev–Trinajstić information content (AvgIpc) is 3.05. The number of fused-ring (bicyclic) bond motifs is 1. The van der Waals surface area contributed by atoms with E-state index in [0.29, 0.717) is 0 Å². The van der Waals surface area contributed by atoms with Gasteiger partial charge in [0, 0.05) is 38.6 Å². The lowest BCUT2D eigenvalue weighted by atomic mass is 10.1. The molecule has 2 aromatic carbocycles. The van der Waals surface area contributed by atoms with Gasteiger partial charge in [-0.05, 0) is 24.6 Å². The van der Waals surface area contributed by atoms with Crippen molar-refractivity contribution in [1.82, 2.24) is 19.4 Å². The van der Waals surface area contributed by atoms with Crippen molar-refractivity contribution in [2.75, 3.05) is 26.2 Å². The molecule has 0 unspecified atom stereocenters. The van der Waals surface area contributed by atoms with Crippen LogP contribution in [0, 0.1) is 12.8 Å². The molecule has 1 amide bonds. The first-order valence-electron chi connectivity index (χ1n) is 10.5. The Morgan fingerprint density at radius 1 is 1.00 bits per heavy atom. The van der Waals surface area contributed by atoms with Gasteiger partial charge in [-0.15, -0.1) is 0 Å². The van der Waals surface area contributed by atoms with Gasteiger partial charge in [-0.25, -0.2) is 4.98 Å². The second-order valence-corrected chi connectivity index (χ2v) is 8.35. The summed E-state index contributed by atoms with van der Waals surface area (Å²) in [6.45, 7) is 11.1. The van der Waals surface area contributed by atoms with Crippen molar-refractivity contribution in [1.29, 1.82) is 0 Å². The number of imidazole rings is 1. The highest BCUT2D eigenvalue weighted by atomic mass is 16.2. The Morgan fingerprint density at radius 3 is 2.48 bits per heavy atom. The number of piperazine rings is 1. The highest BCUT2D eigenvalue weighted by Gasteiger charge is 2.24. The van der Waals surface area contributed by atoms with Crippen molar-refractivity contribution >= 4 is 16.9 Å². The first kappa shape index (κ1) is 19.6. The minimum absolute atomic E-state index is 0.0695. The van der Waals surface area contributed by atoms with Crippen molar-refractivity contribution in [3.63, 3.8) is 0 Å². The largest absolute Gasteiger partial charge is 0.340 e. The van der Waals surface area contributed by atoms with Gasteiger partial charge in [-0.1, -0.05) is 55.8 Å². The Balaban J connectivity index is 1.54. The number of amides is 1. The maximum Gasteiger partial charge on any atom is 0.225 e. The predicted molar refractivity (Wildman–Crippen MR) is 117 cm³/mol. The van der Waals surface area contributed by atoms with Crippen LogP contribution in [0.3, 0.4) is 0 Å². The molecule has 1 fully saturated rings. The summed E-state index contributed by atoms with van der Waals surface area (Å²) in [6.07, 6.45) is 0. The minimum atomic E-state index is 0.0695. The number of rotatable bonds is 5. The topological polar surface area (TPSA) is 41.4 Å². The van der Waals surface area contributed by atoms with Gasteiger partial charge in [0.1, 0.15) is 5.82 Å². The third-order valence-corrected chi connectivity index (χ3v) is 5.70. The summed E-state index contributed by atoms with van der Waals surface area (Å²) >= 11 is 0. The monoisotopic (exact) mass is 390 g/mol. The standard InChI is InChI=1S/C24H30N4O/c1-18(2)24(29)27-13-11-26(12-14-27)17-23-25-21-9-4-5-10-22(21)28(23)16-20-8-6-7-19(3)15-20/h4-10,15,18H,11-14,16-17H2,1-3H3. The number of nitrogens with zero attached hydrogens (tertiary/aromatic N) is 4. The lowest BCUT2D eigenvalue weighted by Crippen LogP contribution is -2.49. The van der Waals surface area contributed by atoms with Gasteiger partial charge in [-0.3, -0.25) is 9.69 Å². The number of aromatic nitrogens is 2. The molecular weight excluding hydrogens is 360 g/mol. The number of para-hydroxylation sites is 2. The van der Waals surface area contributed by atoms with Crippen molar-refractivity contribution in [3.05, 3.63) is 65.5 Å². The van der Waals surface area contributed by atoms with E-state index in [1.54, 1.807) is 0 Å². The Hall–Kier alpha value is -2.66. The molecule has 0 radical (unpaired) electrons. The molecule has 29 heavy (non-hydrogen) atoms. The Morgan fingerprint density at radius 2 is 1.76 bits per heavy atom.